The standard InChI is InChI=1S/C19H26N4OS/c1-15-17(25-14-21-15)10-23-12-19(13-23)9-16(6-8-22(19)2)11-24-18-5-3-4-7-20-18/h3-5,7,14,16H,6,8-13H2,1-2H3/t16-/m0/s1. The second-order valence-corrected chi connectivity index (χ2v) is 8.43. The van der Waals surface area contributed by atoms with Gasteiger partial charge in [-0.3, -0.25) is 9.80 Å². The van der Waals surface area contributed by atoms with Gasteiger partial charge in [0.15, 0.2) is 0 Å². The highest BCUT2D eigenvalue weighted by Crippen LogP contribution is 2.39. The summed E-state index contributed by atoms with van der Waals surface area (Å²) in [6, 6.07) is 5.84. The number of hydrogen-bond donors (Lipinski definition) is 0. The van der Waals surface area contributed by atoms with E-state index in [2.05, 4.69) is 33.7 Å². The molecule has 2 aliphatic heterocycles. The molecule has 0 N–H and O–H groups in total. The minimum atomic E-state index is 0.328. The van der Waals surface area contributed by atoms with Crippen LogP contribution in [0.2, 0.25) is 0 Å². The summed E-state index contributed by atoms with van der Waals surface area (Å²) >= 11 is 1.78. The third-order valence-corrected chi connectivity index (χ3v) is 6.62. The topological polar surface area (TPSA) is 41.5 Å². The average molecular weight is 359 g/mol. The molecule has 0 radical (unpaired) electrons. The summed E-state index contributed by atoms with van der Waals surface area (Å²) in [6.45, 7) is 7.40. The molecule has 0 unspecified atom stereocenters. The molecule has 2 fully saturated rings. The van der Waals surface area contributed by atoms with Gasteiger partial charge in [-0.1, -0.05) is 6.07 Å². The van der Waals surface area contributed by atoms with Gasteiger partial charge in [0.1, 0.15) is 0 Å². The molecule has 2 aromatic heterocycles. The van der Waals surface area contributed by atoms with Crippen molar-refractivity contribution in [2.75, 3.05) is 33.3 Å². The first-order valence-electron chi connectivity index (χ1n) is 9.01. The Morgan fingerprint density at radius 1 is 1.32 bits per heavy atom. The number of rotatable bonds is 5. The highest BCUT2D eigenvalue weighted by molar-refractivity contribution is 7.09. The van der Waals surface area contributed by atoms with E-state index < -0.39 is 0 Å². The Morgan fingerprint density at radius 3 is 2.92 bits per heavy atom. The van der Waals surface area contributed by atoms with Crippen LogP contribution in [0.4, 0.5) is 0 Å². The first-order valence-corrected chi connectivity index (χ1v) is 9.89. The fourth-order valence-corrected chi connectivity index (χ4v) is 4.95. The van der Waals surface area contributed by atoms with Crippen LogP contribution in [0.15, 0.2) is 29.9 Å². The molecule has 1 spiro atoms. The number of ether oxygens (including phenoxy) is 1. The van der Waals surface area contributed by atoms with Crippen molar-refractivity contribution < 1.29 is 4.74 Å². The van der Waals surface area contributed by atoms with Gasteiger partial charge in [0.2, 0.25) is 5.88 Å². The third kappa shape index (κ3) is 3.57. The molecule has 4 rings (SSSR count). The summed E-state index contributed by atoms with van der Waals surface area (Å²) in [5, 5.41) is 0. The van der Waals surface area contributed by atoms with E-state index in [4.69, 9.17) is 4.74 Å². The van der Waals surface area contributed by atoms with Crippen molar-refractivity contribution in [1.29, 1.82) is 0 Å². The highest BCUT2D eigenvalue weighted by atomic mass is 32.1. The lowest BCUT2D eigenvalue weighted by Crippen LogP contribution is -2.71. The molecule has 5 nitrogen and oxygen atoms in total. The zero-order valence-corrected chi connectivity index (χ0v) is 15.8. The number of hydrogen-bond acceptors (Lipinski definition) is 6. The molecular formula is C19H26N4OS. The van der Waals surface area contributed by atoms with E-state index in [1.54, 1.807) is 17.5 Å². The molecule has 25 heavy (non-hydrogen) atoms. The van der Waals surface area contributed by atoms with E-state index >= 15 is 0 Å². The lowest BCUT2D eigenvalue weighted by Gasteiger charge is -2.58. The zero-order valence-electron chi connectivity index (χ0n) is 15.0. The van der Waals surface area contributed by atoms with Crippen molar-refractivity contribution in [2.24, 2.45) is 5.92 Å². The van der Waals surface area contributed by atoms with E-state index in [1.807, 2.05) is 23.7 Å². The fraction of sp³-hybridized carbons (Fsp3) is 0.579. The summed E-state index contributed by atoms with van der Waals surface area (Å²) in [7, 11) is 2.28. The van der Waals surface area contributed by atoms with E-state index in [0.29, 0.717) is 11.5 Å². The number of pyridine rings is 1. The highest BCUT2D eigenvalue weighted by Gasteiger charge is 2.49. The number of aromatic nitrogens is 2. The lowest BCUT2D eigenvalue weighted by molar-refractivity contribution is -0.0872. The van der Waals surface area contributed by atoms with E-state index in [9.17, 15) is 0 Å². The number of piperidine rings is 1. The number of thiazole rings is 1. The van der Waals surface area contributed by atoms with Crippen molar-refractivity contribution in [2.45, 2.75) is 31.8 Å². The zero-order chi connectivity index (χ0) is 17.3. The van der Waals surface area contributed by atoms with Crippen LogP contribution < -0.4 is 4.74 Å². The van der Waals surface area contributed by atoms with Crippen LogP contribution >= 0.6 is 11.3 Å². The average Bonchev–Trinajstić information content (AvgIpc) is 3.00. The van der Waals surface area contributed by atoms with Crippen LogP contribution in [0, 0.1) is 12.8 Å². The maximum atomic E-state index is 5.92. The van der Waals surface area contributed by atoms with E-state index in [-0.39, 0.29) is 0 Å². The molecule has 0 aromatic carbocycles. The number of likely N-dealkylation sites (tertiary alicyclic amines) is 2. The van der Waals surface area contributed by atoms with Crippen molar-refractivity contribution in [3.05, 3.63) is 40.5 Å². The summed E-state index contributed by atoms with van der Waals surface area (Å²) < 4.78 is 5.92. The van der Waals surface area contributed by atoms with Gasteiger partial charge < -0.3 is 4.74 Å². The Bertz CT molecular complexity index is 698. The molecule has 4 heterocycles. The maximum absolute atomic E-state index is 5.92. The SMILES string of the molecule is Cc1ncsc1CN1CC2(C[C@@H](COc3ccccn3)CCN2C)C1. The molecule has 0 aliphatic carbocycles. The van der Waals surface area contributed by atoms with Gasteiger partial charge in [0.05, 0.1) is 17.8 Å². The summed E-state index contributed by atoms with van der Waals surface area (Å²) in [4.78, 5) is 15.2. The Labute approximate surface area is 153 Å². The van der Waals surface area contributed by atoms with Crippen LogP contribution in [0.5, 0.6) is 5.88 Å². The Kier molecular flexibility index (Phi) is 4.75. The normalized spacial score (nSPS) is 23.5. The number of nitrogens with zero attached hydrogens (tertiary/aromatic N) is 4. The molecular weight excluding hydrogens is 332 g/mol. The van der Waals surface area contributed by atoms with Crippen LogP contribution in [-0.2, 0) is 6.54 Å². The number of likely N-dealkylation sites (N-methyl/N-ethyl adjacent to an activating group) is 1. The monoisotopic (exact) mass is 358 g/mol. The fourth-order valence-electron chi connectivity index (χ4n) is 4.14. The van der Waals surface area contributed by atoms with Crippen molar-refractivity contribution in [3.63, 3.8) is 0 Å². The summed E-state index contributed by atoms with van der Waals surface area (Å²) in [5.41, 5.74) is 3.47. The molecule has 0 amide bonds. The summed E-state index contributed by atoms with van der Waals surface area (Å²) in [6.07, 6.45) is 4.21. The van der Waals surface area contributed by atoms with Gasteiger partial charge in [0, 0.05) is 42.3 Å². The number of aryl methyl sites for hydroxylation is 1. The largest absolute Gasteiger partial charge is 0.477 e. The predicted molar refractivity (Wildman–Crippen MR) is 99.9 cm³/mol. The quantitative estimate of drug-likeness (QED) is 0.822. The van der Waals surface area contributed by atoms with Crippen LogP contribution in [0.25, 0.3) is 0 Å². The maximum Gasteiger partial charge on any atom is 0.213 e. The van der Waals surface area contributed by atoms with Crippen LogP contribution in [0.1, 0.15) is 23.4 Å². The first kappa shape index (κ1) is 16.9. The second kappa shape index (κ2) is 7.02. The molecule has 2 aliphatic rings. The molecule has 2 aromatic rings. The second-order valence-electron chi connectivity index (χ2n) is 7.49. The van der Waals surface area contributed by atoms with Gasteiger partial charge in [-0.05, 0) is 45.3 Å². The Hall–Kier alpha value is -1.50. The van der Waals surface area contributed by atoms with Gasteiger partial charge >= 0.3 is 0 Å². The Morgan fingerprint density at radius 2 is 2.20 bits per heavy atom. The van der Waals surface area contributed by atoms with Crippen molar-refractivity contribution in [3.8, 4) is 5.88 Å². The molecule has 1 atom stereocenters. The molecule has 0 bridgehead atoms. The van der Waals surface area contributed by atoms with E-state index in [1.165, 1.54) is 23.4 Å². The van der Waals surface area contributed by atoms with Crippen LogP contribution in [-0.4, -0.2) is 58.6 Å². The lowest BCUT2D eigenvalue weighted by atomic mass is 9.75. The minimum Gasteiger partial charge on any atom is -0.477 e. The van der Waals surface area contributed by atoms with Gasteiger partial charge in [-0.15, -0.1) is 11.3 Å². The third-order valence-electron chi connectivity index (χ3n) is 5.70. The smallest absolute Gasteiger partial charge is 0.213 e. The first-order chi connectivity index (χ1) is 12.1. The van der Waals surface area contributed by atoms with Gasteiger partial charge in [-0.25, -0.2) is 9.97 Å². The van der Waals surface area contributed by atoms with E-state index in [0.717, 1.165) is 38.7 Å². The predicted octanol–water partition coefficient (Wildman–Crippen LogP) is 2.82. The molecule has 0 saturated carbocycles. The van der Waals surface area contributed by atoms with Crippen LogP contribution in [0.3, 0.4) is 0 Å². The summed E-state index contributed by atoms with van der Waals surface area (Å²) in [5.74, 6) is 1.36. The van der Waals surface area contributed by atoms with Gasteiger partial charge in [0.25, 0.3) is 0 Å². The van der Waals surface area contributed by atoms with Crippen molar-refractivity contribution in [1.82, 2.24) is 19.8 Å². The minimum absolute atomic E-state index is 0.328. The molecule has 2 saturated heterocycles. The van der Waals surface area contributed by atoms with Crippen molar-refractivity contribution >= 4 is 11.3 Å². The molecule has 134 valence electrons. The molecule has 6 heteroatoms. The van der Waals surface area contributed by atoms with Gasteiger partial charge in [-0.2, -0.15) is 0 Å². The Balaban J connectivity index is 1.32.